The number of rotatable bonds is 5. The molecule has 0 atom stereocenters. The Balaban J connectivity index is 2.01. The van der Waals surface area contributed by atoms with Gasteiger partial charge in [0.15, 0.2) is 0 Å². The Bertz CT molecular complexity index is 554. The predicted molar refractivity (Wildman–Crippen MR) is 66.5 cm³/mol. The van der Waals surface area contributed by atoms with Gasteiger partial charge < -0.3 is 5.32 Å². The van der Waals surface area contributed by atoms with Crippen LogP contribution in [0.4, 0.5) is 0 Å². The summed E-state index contributed by atoms with van der Waals surface area (Å²) in [5.41, 5.74) is -0.255. The molecule has 0 aliphatic heterocycles. The molecule has 1 saturated carbocycles. The molecule has 18 heavy (non-hydrogen) atoms. The Labute approximate surface area is 104 Å². The van der Waals surface area contributed by atoms with E-state index in [0.717, 1.165) is 12.8 Å². The number of aromatic amines is 1. The normalized spacial score (nSPS) is 14.5. The second-order valence-corrected chi connectivity index (χ2v) is 4.55. The lowest BCUT2D eigenvalue weighted by Gasteiger charge is -2.07. The van der Waals surface area contributed by atoms with Gasteiger partial charge in [0, 0.05) is 30.8 Å². The first-order chi connectivity index (χ1) is 8.60. The summed E-state index contributed by atoms with van der Waals surface area (Å²) in [6, 6.07) is 0.330. The van der Waals surface area contributed by atoms with Gasteiger partial charge in [0.05, 0.1) is 0 Å². The Morgan fingerprint density at radius 1 is 1.50 bits per heavy atom. The zero-order chi connectivity index (χ0) is 13.1. The van der Waals surface area contributed by atoms with E-state index in [9.17, 15) is 14.4 Å². The Morgan fingerprint density at radius 3 is 2.83 bits per heavy atom. The van der Waals surface area contributed by atoms with Crippen LogP contribution in [0.2, 0.25) is 0 Å². The van der Waals surface area contributed by atoms with Crippen molar-refractivity contribution in [2.45, 2.75) is 45.2 Å². The second kappa shape index (κ2) is 5.20. The SMILES string of the molecule is CCc1cn(CCC(=O)NC2CC2)c(=O)[nH]c1=O. The third-order valence-corrected chi connectivity index (χ3v) is 2.99. The molecule has 1 fully saturated rings. The van der Waals surface area contributed by atoms with E-state index in [1.54, 1.807) is 0 Å². The fourth-order valence-electron chi connectivity index (χ4n) is 1.72. The first-order valence-electron chi connectivity index (χ1n) is 6.22. The molecule has 1 aromatic heterocycles. The van der Waals surface area contributed by atoms with Gasteiger partial charge in [-0.05, 0) is 19.3 Å². The van der Waals surface area contributed by atoms with Crippen molar-refractivity contribution in [3.05, 3.63) is 32.6 Å². The van der Waals surface area contributed by atoms with Crippen LogP contribution in [0, 0.1) is 0 Å². The van der Waals surface area contributed by atoms with E-state index in [2.05, 4.69) is 10.3 Å². The van der Waals surface area contributed by atoms with Gasteiger partial charge in [-0.1, -0.05) is 6.92 Å². The van der Waals surface area contributed by atoms with Crippen molar-refractivity contribution in [1.82, 2.24) is 14.9 Å². The first kappa shape index (κ1) is 12.6. The van der Waals surface area contributed by atoms with E-state index >= 15 is 0 Å². The highest BCUT2D eigenvalue weighted by Crippen LogP contribution is 2.18. The minimum absolute atomic E-state index is 0.0475. The van der Waals surface area contributed by atoms with Gasteiger partial charge in [-0.25, -0.2) is 4.79 Å². The minimum Gasteiger partial charge on any atom is -0.353 e. The number of carbonyl (C=O) groups is 1. The molecule has 0 aromatic carbocycles. The van der Waals surface area contributed by atoms with Crippen LogP contribution >= 0.6 is 0 Å². The maximum atomic E-state index is 11.5. The number of aryl methyl sites for hydroxylation is 2. The van der Waals surface area contributed by atoms with Crippen LogP contribution in [0.25, 0.3) is 0 Å². The van der Waals surface area contributed by atoms with Crippen molar-refractivity contribution >= 4 is 5.91 Å². The van der Waals surface area contributed by atoms with Crippen LogP contribution < -0.4 is 16.6 Å². The van der Waals surface area contributed by atoms with Gasteiger partial charge >= 0.3 is 5.69 Å². The first-order valence-corrected chi connectivity index (χ1v) is 6.22. The maximum Gasteiger partial charge on any atom is 0.328 e. The number of aromatic nitrogens is 2. The molecule has 1 aliphatic carbocycles. The van der Waals surface area contributed by atoms with Crippen molar-refractivity contribution in [2.24, 2.45) is 0 Å². The van der Waals surface area contributed by atoms with Gasteiger partial charge in [0.25, 0.3) is 5.56 Å². The summed E-state index contributed by atoms with van der Waals surface area (Å²) in [7, 11) is 0. The number of nitrogens with zero attached hydrogens (tertiary/aromatic N) is 1. The number of hydrogen-bond donors (Lipinski definition) is 2. The van der Waals surface area contributed by atoms with Crippen LogP contribution in [-0.2, 0) is 17.8 Å². The average molecular weight is 251 g/mol. The molecule has 0 spiro atoms. The highest BCUT2D eigenvalue weighted by atomic mass is 16.2. The molecule has 0 bridgehead atoms. The lowest BCUT2D eigenvalue weighted by atomic mass is 10.2. The quantitative estimate of drug-likeness (QED) is 0.758. The van der Waals surface area contributed by atoms with Crippen molar-refractivity contribution in [2.75, 3.05) is 0 Å². The third kappa shape index (κ3) is 3.09. The topological polar surface area (TPSA) is 84.0 Å². The summed E-state index contributed by atoms with van der Waals surface area (Å²) in [4.78, 5) is 36.7. The van der Waals surface area contributed by atoms with Crippen LogP contribution in [-0.4, -0.2) is 21.5 Å². The lowest BCUT2D eigenvalue weighted by Crippen LogP contribution is -2.33. The molecule has 2 rings (SSSR count). The lowest BCUT2D eigenvalue weighted by molar-refractivity contribution is -0.121. The number of hydrogen-bond acceptors (Lipinski definition) is 3. The van der Waals surface area contributed by atoms with Crippen molar-refractivity contribution in [3.8, 4) is 0 Å². The molecule has 2 N–H and O–H groups in total. The average Bonchev–Trinajstić information content (AvgIpc) is 3.12. The fraction of sp³-hybridized carbons (Fsp3) is 0.583. The number of H-pyrrole nitrogens is 1. The van der Waals surface area contributed by atoms with Crippen LogP contribution in [0.3, 0.4) is 0 Å². The van der Waals surface area contributed by atoms with E-state index in [-0.39, 0.29) is 17.9 Å². The molecule has 1 amide bonds. The molecule has 1 aliphatic rings. The summed E-state index contributed by atoms with van der Waals surface area (Å²) in [5.74, 6) is -0.0475. The smallest absolute Gasteiger partial charge is 0.328 e. The highest BCUT2D eigenvalue weighted by molar-refractivity contribution is 5.76. The van der Waals surface area contributed by atoms with Gasteiger partial charge in [0.2, 0.25) is 5.91 Å². The molecule has 1 heterocycles. The predicted octanol–water partition coefficient (Wildman–Crippen LogP) is -0.232. The van der Waals surface area contributed by atoms with Crippen LogP contribution in [0.1, 0.15) is 31.7 Å². The molecule has 0 unspecified atom stereocenters. The van der Waals surface area contributed by atoms with Gasteiger partial charge in [0.1, 0.15) is 0 Å². The number of nitrogens with one attached hydrogen (secondary N) is 2. The highest BCUT2D eigenvalue weighted by Gasteiger charge is 2.22. The van der Waals surface area contributed by atoms with E-state index in [1.165, 1.54) is 10.8 Å². The molecular formula is C12H17N3O3. The van der Waals surface area contributed by atoms with Gasteiger partial charge in [-0.15, -0.1) is 0 Å². The van der Waals surface area contributed by atoms with E-state index in [0.29, 0.717) is 24.6 Å². The zero-order valence-corrected chi connectivity index (χ0v) is 10.4. The third-order valence-electron chi connectivity index (χ3n) is 2.99. The van der Waals surface area contributed by atoms with Crippen LogP contribution in [0.5, 0.6) is 0 Å². The monoisotopic (exact) mass is 251 g/mol. The summed E-state index contributed by atoms with van der Waals surface area (Å²) < 4.78 is 1.38. The van der Waals surface area contributed by atoms with Gasteiger partial charge in [-0.3, -0.25) is 19.1 Å². The summed E-state index contributed by atoms with van der Waals surface area (Å²) in [5, 5.41) is 2.86. The Hall–Kier alpha value is -1.85. The standard InChI is InChI=1S/C12H17N3O3/c1-2-8-7-15(12(18)14-11(8)17)6-5-10(16)13-9-3-4-9/h7,9H,2-6H2,1H3,(H,13,16)(H,14,17,18). The largest absolute Gasteiger partial charge is 0.353 e. The summed E-state index contributed by atoms with van der Waals surface area (Å²) >= 11 is 0. The molecule has 1 aromatic rings. The Kier molecular flexibility index (Phi) is 3.64. The second-order valence-electron chi connectivity index (χ2n) is 4.55. The molecular weight excluding hydrogens is 234 g/mol. The molecule has 6 heteroatoms. The van der Waals surface area contributed by atoms with Crippen molar-refractivity contribution in [1.29, 1.82) is 0 Å². The number of amides is 1. The minimum atomic E-state index is -0.462. The van der Waals surface area contributed by atoms with E-state index in [1.807, 2.05) is 6.92 Å². The number of carbonyl (C=O) groups excluding carboxylic acids is 1. The molecule has 0 radical (unpaired) electrons. The fourth-order valence-corrected chi connectivity index (χ4v) is 1.72. The molecule has 0 saturated heterocycles. The molecule has 98 valence electrons. The molecule has 6 nitrogen and oxygen atoms in total. The van der Waals surface area contributed by atoms with Gasteiger partial charge in [-0.2, -0.15) is 0 Å². The zero-order valence-electron chi connectivity index (χ0n) is 10.4. The maximum absolute atomic E-state index is 11.5. The summed E-state index contributed by atoms with van der Waals surface area (Å²) in [6.07, 6.45) is 4.44. The van der Waals surface area contributed by atoms with Crippen molar-refractivity contribution < 1.29 is 4.79 Å². The van der Waals surface area contributed by atoms with E-state index < -0.39 is 5.69 Å². The van der Waals surface area contributed by atoms with Crippen molar-refractivity contribution in [3.63, 3.8) is 0 Å². The summed E-state index contributed by atoms with van der Waals surface area (Å²) in [6.45, 7) is 2.14. The Morgan fingerprint density at radius 2 is 2.22 bits per heavy atom. The van der Waals surface area contributed by atoms with Crippen LogP contribution in [0.15, 0.2) is 15.8 Å². The van der Waals surface area contributed by atoms with E-state index in [4.69, 9.17) is 0 Å².